The molecule has 1 aliphatic heterocycles. The first kappa shape index (κ1) is 22.6. The Labute approximate surface area is 209 Å². The fourth-order valence-electron chi connectivity index (χ4n) is 5.35. The fourth-order valence-corrected chi connectivity index (χ4v) is 5.73. The molecule has 2 fully saturated rings. The van der Waals surface area contributed by atoms with Gasteiger partial charge in [-0.1, -0.05) is 15.9 Å². The van der Waals surface area contributed by atoms with Crippen molar-refractivity contribution >= 4 is 49.6 Å². The standard InChI is InChI=1S/C24H26BrN7O3/c25-15-4-5-16-13(8-15)3-6-19(29-16)31-7-1-2-18(31)30-23-20-24(27-11-26-23)32(12-28-20)17-9-14(10-33)21(34)22(17)35/h3-6,8,11-12,14,17-18,21-22,33-35H,1-2,7,9-10H2,(H,26,27,30)/t14-,17-,18?,21-,22+/m1/s1. The highest BCUT2D eigenvalue weighted by Crippen LogP contribution is 2.37. The molecular weight excluding hydrogens is 514 g/mol. The number of aliphatic hydroxyl groups is 3. The number of aliphatic hydroxyl groups excluding tert-OH is 3. The van der Waals surface area contributed by atoms with E-state index in [-0.39, 0.29) is 18.7 Å². The van der Waals surface area contributed by atoms with Crippen LogP contribution in [-0.2, 0) is 0 Å². The van der Waals surface area contributed by atoms with Crippen LogP contribution in [0.5, 0.6) is 0 Å². The minimum Gasteiger partial charge on any atom is -0.396 e. The first-order chi connectivity index (χ1) is 17.0. The Kier molecular flexibility index (Phi) is 5.79. The lowest BCUT2D eigenvalue weighted by atomic mass is 10.1. The van der Waals surface area contributed by atoms with Gasteiger partial charge in [-0.25, -0.2) is 19.9 Å². The van der Waals surface area contributed by atoms with Gasteiger partial charge in [-0.2, -0.15) is 0 Å². The maximum atomic E-state index is 10.6. The van der Waals surface area contributed by atoms with Gasteiger partial charge >= 0.3 is 0 Å². The van der Waals surface area contributed by atoms with Crippen LogP contribution >= 0.6 is 15.9 Å². The largest absolute Gasteiger partial charge is 0.396 e. The zero-order valence-electron chi connectivity index (χ0n) is 18.9. The molecule has 0 spiro atoms. The van der Waals surface area contributed by atoms with Crippen molar-refractivity contribution < 1.29 is 15.3 Å². The molecule has 3 aromatic heterocycles. The first-order valence-corrected chi connectivity index (χ1v) is 12.6. The summed E-state index contributed by atoms with van der Waals surface area (Å²) in [6, 6.07) is 9.78. The van der Waals surface area contributed by atoms with E-state index >= 15 is 0 Å². The van der Waals surface area contributed by atoms with Gasteiger partial charge in [0.25, 0.3) is 0 Å². The summed E-state index contributed by atoms with van der Waals surface area (Å²) >= 11 is 3.51. The van der Waals surface area contributed by atoms with E-state index in [0.29, 0.717) is 23.4 Å². The molecule has 11 heteroatoms. The van der Waals surface area contributed by atoms with Crippen LogP contribution in [-0.4, -0.2) is 71.3 Å². The van der Waals surface area contributed by atoms with Crippen LogP contribution in [0.15, 0.2) is 47.5 Å². The molecule has 4 N–H and O–H groups in total. The Morgan fingerprint density at radius 1 is 1.09 bits per heavy atom. The second kappa shape index (κ2) is 8.98. The maximum absolute atomic E-state index is 10.6. The Morgan fingerprint density at radius 2 is 1.97 bits per heavy atom. The van der Waals surface area contributed by atoms with Gasteiger partial charge in [-0.3, -0.25) is 0 Å². The summed E-state index contributed by atoms with van der Waals surface area (Å²) in [5.74, 6) is 1.14. The molecule has 5 atom stereocenters. The van der Waals surface area contributed by atoms with Crippen LogP contribution in [0.1, 0.15) is 25.3 Å². The number of halogens is 1. The highest BCUT2D eigenvalue weighted by molar-refractivity contribution is 9.10. The molecule has 0 bridgehead atoms. The Hall–Kier alpha value is -2.86. The van der Waals surface area contributed by atoms with E-state index in [1.165, 1.54) is 6.33 Å². The SMILES string of the molecule is OC[C@H]1C[C@@H](n2cnc3c(NC4CCCN4c4ccc5cc(Br)ccc5n4)ncnc32)[C@H](O)[C@@H]1O. The van der Waals surface area contributed by atoms with Crippen molar-refractivity contribution in [1.29, 1.82) is 0 Å². The topological polar surface area (TPSA) is 132 Å². The quantitative estimate of drug-likeness (QED) is 0.301. The number of aromatic nitrogens is 5. The van der Waals surface area contributed by atoms with Crippen LogP contribution in [0.3, 0.4) is 0 Å². The second-order valence-electron chi connectivity index (χ2n) is 9.28. The molecule has 1 aliphatic carbocycles. The van der Waals surface area contributed by atoms with Crippen molar-refractivity contribution in [2.75, 3.05) is 23.4 Å². The normalized spacial score (nSPS) is 26.7. The third-order valence-electron chi connectivity index (χ3n) is 7.21. The van der Waals surface area contributed by atoms with Crippen LogP contribution < -0.4 is 10.2 Å². The van der Waals surface area contributed by atoms with Crippen LogP contribution in [0.2, 0.25) is 0 Å². The van der Waals surface area contributed by atoms with Crippen molar-refractivity contribution in [3.8, 4) is 0 Å². The smallest absolute Gasteiger partial charge is 0.165 e. The van der Waals surface area contributed by atoms with Gasteiger partial charge in [0.1, 0.15) is 29.9 Å². The predicted molar refractivity (Wildman–Crippen MR) is 135 cm³/mol. The number of nitrogens with zero attached hydrogens (tertiary/aromatic N) is 6. The molecule has 182 valence electrons. The Balaban J connectivity index is 1.28. The third kappa shape index (κ3) is 3.92. The number of nitrogens with one attached hydrogen (secondary N) is 1. The van der Waals surface area contributed by atoms with Crippen molar-refractivity contribution in [2.45, 2.75) is 43.7 Å². The third-order valence-corrected chi connectivity index (χ3v) is 7.70. The zero-order valence-corrected chi connectivity index (χ0v) is 20.5. The summed E-state index contributed by atoms with van der Waals surface area (Å²) in [4.78, 5) is 20.5. The molecule has 4 heterocycles. The minimum absolute atomic E-state index is 0.00342. The number of hydrogen-bond donors (Lipinski definition) is 4. The highest BCUT2D eigenvalue weighted by atomic mass is 79.9. The molecule has 2 aliphatic rings. The molecule has 0 amide bonds. The first-order valence-electron chi connectivity index (χ1n) is 11.8. The molecule has 10 nitrogen and oxygen atoms in total. The van der Waals surface area contributed by atoms with E-state index in [9.17, 15) is 15.3 Å². The summed E-state index contributed by atoms with van der Waals surface area (Å²) < 4.78 is 2.81. The summed E-state index contributed by atoms with van der Waals surface area (Å²) in [7, 11) is 0. The van der Waals surface area contributed by atoms with E-state index < -0.39 is 18.2 Å². The lowest BCUT2D eigenvalue weighted by Crippen LogP contribution is -2.36. The summed E-state index contributed by atoms with van der Waals surface area (Å²) in [5.41, 5.74) is 2.12. The number of benzene rings is 1. The van der Waals surface area contributed by atoms with Crippen LogP contribution in [0.4, 0.5) is 11.6 Å². The van der Waals surface area contributed by atoms with E-state index in [1.807, 2.05) is 18.2 Å². The molecule has 1 saturated carbocycles. The molecule has 35 heavy (non-hydrogen) atoms. The van der Waals surface area contributed by atoms with E-state index in [2.05, 4.69) is 53.2 Å². The average Bonchev–Trinajstić information content (AvgIpc) is 3.57. The maximum Gasteiger partial charge on any atom is 0.165 e. The van der Waals surface area contributed by atoms with Gasteiger partial charge in [0.2, 0.25) is 0 Å². The molecule has 1 unspecified atom stereocenters. The number of hydrogen-bond acceptors (Lipinski definition) is 9. The Morgan fingerprint density at radius 3 is 2.80 bits per heavy atom. The zero-order chi connectivity index (χ0) is 24.1. The minimum atomic E-state index is -0.999. The average molecular weight is 540 g/mol. The second-order valence-corrected chi connectivity index (χ2v) is 10.2. The van der Waals surface area contributed by atoms with Crippen molar-refractivity contribution in [1.82, 2.24) is 24.5 Å². The van der Waals surface area contributed by atoms with Gasteiger partial charge in [0.15, 0.2) is 11.5 Å². The number of anilines is 2. The lowest BCUT2D eigenvalue weighted by Gasteiger charge is -2.27. The van der Waals surface area contributed by atoms with E-state index in [4.69, 9.17) is 4.98 Å². The monoisotopic (exact) mass is 539 g/mol. The predicted octanol–water partition coefficient (Wildman–Crippen LogP) is 2.45. The summed E-state index contributed by atoms with van der Waals surface area (Å²) in [6.07, 6.45) is 3.52. The van der Waals surface area contributed by atoms with Crippen molar-refractivity contribution in [3.63, 3.8) is 0 Å². The van der Waals surface area contributed by atoms with Gasteiger partial charge in [0, 0.05) is 28.9 Å². The van der Waals surface area contributed by atoms with Gasteiger partial charge < -0.3 is 30.1 Å². The van der Waals surface area contributed by atoms with Crippen molar-refractivity contribution in [3.05, 3.63) is 47.5 Å². The van der Waals surface area contributed by atoms with Crippen molar-refractivity contribution in [2.24, 2.45) is 5.92 Å². The summed E-state index contributed by atoms with van der Waals surface area (Å²) in [5, 5.41) is 35.0. The number of fused-ring (bicyclic) bond motifs is 2. The molecule has 1 aromatic carbocycles. The summed E-state index contributed by atoms with van der Waals surface area (Å²) in [6.45, 7) is 0.699. The molecule has 6 rings (SSSR count). The molecule has 0 radical (unpaired) electrons. The molecular formula is C24H26BrN7O3. The number of imidazole rings is 1. The highest BCUT2D eigenvalue weighted by Gasteiger charge is 2.42. The Bertz CT molecular complexity index is 1380. The van der Waals surface area contributed by atoms with Gasteiger partial charge in [-0.05, 0) is 49.6 Å². The van der Waals surface area contributed by atoms with Gasteiger partial charge in [0.05, 0.1) is 24.0 Å². The molecule has 1 saturated heterocycles. The van der Waals surface area contributed by atoms with Crippen LogP contribution in [0.25, 0.3) is 22.1 Å². The molecule has 4 aromatic rings. The van der Waals surface area contributed by atoms with Crippen LogP contribution in [0, 0.1) is 5.92 Å². The number of pyridine rings is 1. The van der Waals surface area contributed by atoms with E-state index in [0.717, 1.165) is 40.6 Å². The lowest BCUT2D eigenvalue weighted by molar-refractivity contribution is -0.00370. The fraction of sp³-hybridized carbons (Fsp3) is 0.417. The van der Waals surface area contributed by atoms with Gasteiger partial charge in [-0.15, -0.1) is 0 Å². The van der Waals surface area contributed by atoms with E-state index in [1.54, 1.807) is 10.9 Å². The number of rotatable bonds is 5.